The van der Waals surface area contributed by atoms with Gasteiger partial charge >= 0.3 is 18.5 Å². The second-order valence-corrected chi connectivity index (χ2v) is 11.0. The molecular weight excluding hydrogens is 634 g/mol. The van der Waals surface area contributed by atoms with E-state index in [1.54, 1.807) is 26.1 Å². The van der Waals surface area contributed by atoms with Crippen LogP contribution in [0.5, 0.6) is 0 Å². The molecule has 240 valence electrons. The average Bonchev–Trinajstić information content (AvgIpc) is 2.86. The predicted molar refractivity (Wildman–Crippen MR) is 143 cm³/mol. The molecule has 2 amide bonds. The predicted octanol–water partition coefficient (Wildman–Crippen LogP) is 8.21. The Labute approximate surface area is 250 Å². The molecule has 0 aliphatic heterocycles. The molecule has 44 heavy (non-hydrogen) atoms. The van der Waals surface area contributed by atoms with Crippen molar-refractivity contribution >= 4 is 29.2 Å². The Morgan fingerprint density at radius 1 is 0.955 bits per heavy atom. The number of rotatable bonds is 7. The van der Waals surface area contributed by atoms with Gasteiger partial charge in [0, 0.05) is 21.6 Å². The number of halogens is 11. The van der Waals surface area contributed by atoms with E-state index < -0.39 is 82.3 Å². The molecule has 2 aromatic rings. The number of alkyl halides is 9. The van der Waals surface area contributed by atoms with Crippen molar-refractivity contribution in [2.45, 2.75) is 58.2 Å². The van der Waals surface area contributed by atoms with Crippen LogP contribution in [0.25, 0.3) is 5.83 Å². The first kappa shape index (κ1) is 36.5. The molecule has 4 nitrogen and oxygen atoms in total. The molecule has 0 spiro atoms. The van der Waals surface area contributed by atoms with Crippen LogP contribution in [-0.2, 0) is 11.0 Å². The minimum absolute atomic E-state index is 0.0505. The fraction of sp³-hybridized carbons (Fsp3) is 0.379. The zero-order chi connectivity index (χ0) is 33.8. The molecule has 15 heteroatoms. The highest BCUT2D eigenvalue weighted by atomic mass is 35.5. The number of amides is 2. The normalized spacial score (nSPS) is 14.3. The monoisotopic (exact) mass is 658 g/mol. The van der Waals surface area contributed by atoms with E-state index in [1.165, 1.54) is 11.4 Å². The Balaban J connectivity index is 2.50. The van der Waals surface area contributed by atoms with Gasteiger partial charge < -0.3 is 10.6 Å². The molecule has 2 atom stereocenters. The summed E-state index contributed by atoms with van der Waals surface area (Å²) < 4.78 is 136. The zero-order valence-electron chi connectivity index (χ0n) is 23.4. The van der Waals surface area contributed by atoms with Crippen molar-refractivity contribution in [2.24, 2.45) is 5.41 Å². The van der Waals surface area contributed by atoms with Crippen LogP contribution in [0.2, 0.25) is 5.02 Å². The number of carbonyl (C=O) groups is 2. The maximum absolute atomic E-state index is 15.2. The van der Waals surface area contributed by atoms with Crippen molar-refractivity contribution in [1.29, 1.82) is 0 Å². The number of hydrogen-bond donors (Lipinski definition) is 2. The van der Waals surface area contributed by atoms with Crippen molar-refractivity contribution in [3.8, 4) is 11.8 Å². The summed E-state index contributed by atoms with van der Waals surface area (Å²) in [4.78, 5) is 24.3. The van der Waals surface area contributed by atoms with Crippen LogP contribution in [-0.4, -0.2) is 36.8 Å². The third kappa shape index (κ3) is 11.1. The first-order valence-corrected chi connectivity index (χ1v) is 12.9. The van der Waals surface area contributed by atoms with Gasteiger partial charge in [0.2, 0.25) is 5.91 Å². The average molecular weight is 659 g/mol. The summed E-state index contributed by atoms with van der Waals surface area (Å²) in [5, 5.41) is 3.09. The molecule has 0 aliphatic rings. The van der Waals surface area contributed by atoms with E-state index in [4.69, 9.17) is 11.6 Å². The van der Waals surface area contributed by atoms with Gasteiger partial charge in [0.15, 0.2) is 0 Å². The van der Waals surface area contributed by atoms with Crippen molar-refractivity contribution in [1.82, 2.24) is 10.6 Å². The highest BCUT2D eigenvalue weighted by Crippen LogP contribution is 2.40. The van der Waals surface area contributed by atoms with Gasteiger partial charge in [-0.15, -0.1) is 0 Å². The quantitative estimate of drug-likeness (QED) is 0.233. The molecule has 0 fully saturated rings. The summed E-state index contributed by atoms with van der Waals surface area (Å²) in [6.45, 7) is 4.40. The molecule has 2 rings (SSSR count). The van der Waals surface area contributed by atoms with Gasteiger partial charge in [0.25, 0.3) is 5.91 Å². The lowest BCUT2D eigenvalue weighted by Crippen LogP contribution is -2.47. The summed E-state index contributed by atoms with van der Waals surface area (Å²) in [7, 11) is 0. The molecule has 2 N–H and O–H groups in total. The number of carbonyl (C=O) groups excluding carboxylic acids is 2. The summed E-state index contributed by atoms with van der Waals surface area (Å²) in [5.41, 5.74) is -4.87. The van der Waals surface area contributed by atoms with E-state index in [1.807, 2.05) is 0 Å². The summed E-state index contributed by atoms with van der Waals surface area (Å²) in [6, 6.07) is 2.67. The third-order valence-electron chi connectivity index (χ3n) is 5.58. The van der Waals surface area contributed by atoms with Crippen molar-refractivity contribution in [2.75, 3.05) is 6.54 Å². The van der Waals surface area contributed by atoms with E-state index in [9.17, 15) is 49.1 Å². The van der Waals surface area contributed by atoms with Crippen molar-refractivity contribution < 1.29 is 53.5 Å². The third-order valence-corrected chi connectivity index (χ3v) is 5.79. The summed E-state index contributed by atoms with van der Waals surface area (Å²) >= 11 is 5.97. The Hall–Kier alpha value is -3.73. The molecule has 2 aromatic carbocycles. The van der Waals surface area contributed by atoms with Crippen LogP contribution < -0.4 is 10.6 Å². The van der Waals surface area contributed by atoms with Crippen LogP contribution in [0.1, 0.15) is 66.2 Å². The first-order valence-electron chi connectivity index (χ1n) is 12.5. The van der Waals surface area contributed by atoms with Crippen LogP contribution in [0, 0.1) is 17.3 Å². The number of allylic oxidation sites excluding steroid dienone is 1. The van der Waals surface area contributed by atoms with E-state index in [2.05, 4.69) is 11.8 Å². The van der Waals surface area contributed by atoms with E-state index in [0.29, 0.717) is 12.1 Å². The molecule has 1 unspecified atom stereocenters. The minimum Gasteiger partial charge on any atom is -0.345 e. The topological polar surface area (TPSA) is 58.2 Å². The van der Waals surface area contributed by atoms with Gasteiger partial charge in [-0.25, -0.2) is 4.39 Å². The fourth-order valence-electron chi connectivity index (χ4n) is 3.55. The lowest BCUT2D eigenvalue weighted by atomic mass is 9.93. The van der Waals surface area contributed by atoms with E-state index >= 15 is 4.39 Å². The molecular formula is C29H25ClF10N2O2. The van der Waals surface area contributed by atoms with Crippen LogP contribution in [0.3, 0.4) is 0 Å². The molecule has 0 saturated heterocycles. The van der Waals surface area contributed by atoms with E-state index in [0.717, 1.165) is 19.1 Å². The minimum atomic E-state index is -5.33. The van der Waals surface area contributed by atoms with Crippen molar-refractivity contribution in [3.05, 3.63) is 75.3 Å². The van der Waals surface area contributed by atoms with Crippen LogP contribution in [0.15, 0.2) is 42.5 Å². The molecule has 0 saturated carbocycles. The fourth-order valence-corrected chi connectivity index (χ4v) is 3.80. The summed E-state index contributed by atoms with van der Waals surface area (Å²) in [6.07, 6.45) is -15.2. The van der Waals surface area contributed by atoms with Gasteiger partial charge in [-0.3, -0.25) is 9.59 Å². The smallest absolute Gasteiger partial charge is 0.345 e. The second-order valence-electron chi connectivity index (χ2n) is 10.6. The zero-order valence-corrected chi connectivity index (χ0v) is 24.1. The first-order chi connectivity index (χ1) is 19.9. The Morgan fingerprint density at radius 3 is 2.09 bits per heavy atom. The maximum atomic E-state index is 15.2. The maximum Gasteiger partial charge on any atom is 0.417 e. The standard InChI is InChI=1S/C29H25ClF10N2O2/c1-15(24(43)41-14-27(32,33)34)42-25(44)20-6-5-17(12-22(20)29(38,39)40)23(31)13-21(28(35,36)37)18-9-16(10-19(30)11-18)7-8-26(2,3)4/h5-6,9-13,15,21H,14H2,1-4H3,(H,41,43)(H,42,44)/b23-13-/t15-,21?/m1/s1. The highest BCUT2D eigenvalue weighted by Gasteiger charge is 2.41. The molecule has 0 radical (unpaired) electrons. The lowest BCUT2D eigenvalue weighted by Gasteiger charge is -2.19. The van der Waals surface area contributed by atoms with Gasteiger partial charge in [-0.05, 0) is 69.7 Å². The highest BCUT2D eigenvalue weighted by molar-refractivity contribution is 6.30. The molecule has 0 bridgehead atoms. The second kappa shape index (κ2) is 13.5. The van der Waals surface area contributed by atoms with Crippen LogP contribution in [0.4, 0.5) is 43.9 Å². The van der Waals surface area contributed by atoms with Crippen molar-refractivity contribution in [3.63, 3.8) is 0 Å². The SMILES string of the molecule is C[C@@H](NC(=O)c1ccc(/C(F)=C/C(c2cc(Cl)cc(C#CC(C)(C)C)c2)C(F)(F)F)cc1C(F)(F)F)C(=O)NCC(F)(F)F. The Bertz CT molecular complexity index is 1480. The number of nitrogens with one attached hydrogen (secondary N) is 2. The lowest BCUT2D eigenvalue weighted by molar-refractivity contribution is -0.140. The van der Waals surface area contributed by atoms with Gasteiger partial charge in [-0.2, -0.15) is 39.5 Å². The van der Waals surface area contributed by atoms with Gasteiger partial charge in [0.05, 0.1) is 11.1 Å². The molecule has 0 heterocycles. The largest absolute Gasteiger partial charge is 0.417 e. The number of benzene rings is 2. The molecule has 0 aliphatic carbocycles. The van der Waals surface area contributed by atoms with Gasteiger partial charge in [0.1, 0.15) is 24.3 Å². The molecule has 0 aromatic heterocycles. The number of hydrogen-bond acceptors (Lipinski definition) is 2. The van der Waals surface area contributed by atoms with Gasteiger partial charge in [-0.1, -0.05) is 29.5 Å². The van der Waals surface area contributed by atoms with Crippen LogP contribution >= 0.6 is 11.6 Å². The Morgan fingerprint density at radius 2 is 1.57 bits per heavy atom. The summed E-state index contributed by atoms with van der Waals surface area (Å²) in [5.74, 6) is -1.80. The van der Waals surface area contributed by atoms with E-state index in [-0.39, 0.29) is 22.7 Å². The Kier molecular flexibility index (Phi) is 11.2.